The van der Waals surface area contributed by atoms with Crippen LogP contribution in [-0.4, -0.2) is 19.4 Å². The molecular weight excluding hydrogens is 116 g/mol. The molecule has 0 aromatic heterocycles. The summed E-state index contributed by atoms with van der Waals surface area (Å²) in [4.78, 5) is 0. The Morgan fingerprint density at radius 1 is 2.00 bits per heavy atom. The van der Waals surface area contributed by atoms with Gasteiger partial charge in [0.25, 0.3) is 0 Å². The zero-order chi connectivity index (χ0) is 4.99. The lowest BCUT2D eigenvalue weighted by molar-refractivity contribution is 0.366. The van der Waals surface area contributed by atoms with Crippen molar-refractivity contribution in [2.45, 2.75) is 0 Å². The number of aliphatic hydroxyl groups excluding tert-OH is 1. The van der Waals surface area contributed by atoms with Crippen LogP contribution in [0.3, 0.4) is 0 Å². The third-order valence-electron chi connectivity index (χ3n) is 0.430. The van der Waals surface area contributed by atoms with Gasteiger partial charge in [0, 0.05) is 0 Å². The van der Waals surface area contributed by atoms with Crippen molar-refractivity contribution in [3.8, 4) is 0 Å². The van der Waals surface area contributed by atoms with Crippen molar-refractivity contribution in [3.05, 3.63) is 12.3 Å². The average Bonchev–Trinajstić information content (AvgIpc) is 1.65. The predicted molar refractivity (Wildman–Crippen MR) is 30.3 cm³/mol. The first-order chi connectivity index (χ1) is 2.81. The van der Waals surface area contributed by atoms with Gasteiger partial charge in [-0.3, -0.25) is 0 Å². The second-order valence-electron chi connectivity index (χ2n) is 0.934. The summed E-state index contributed by atoms with van der Waals surface area (Å²) in [6, 6.07) is 0. The van der Waals surface area contributed by atoms with Gasteiger partial charge in [0.2, 0.25) is 0 Å². The molecule has 0 radical (unpaired) electrons. The van der Waals surface area contributed by atoms with Gasteiger partial charge in [0.05, 0.1) is 6.23 Å². The summed E-state index contributed by atoms with van der Waals surface area (Å²) >= 11 is 5.42. The van der Waals surface area contributed by atoms with Crippen LogP contribution in [0.25, 0.3) is 0 Å². The van der Waals surface area contributed by atoms with Crippen LogP contribution in [0, 0.1) is 0 Å². The molecule has 36 valence electrons. The van der Waals surface area contributed by atoms with Gasteiger partial charge in [-0.05, 0) is 0 Å². The summed E-state index contributed by atoms with van der Waals surface area (Å²) in [5.41, 5.74) is 1.63. The molecule has 0 aliphatic rings. The van der Waals surface area contributed by atoms with E-state index in [2.05, 4.69) is 6.58 Å². The minimum Gasteiger partial charge on any atom is -0.398 e. The molecule has 0 aromatic carbocycles. The van der Waals surface area contributed by atoms with E-state index < -0.39 is 8.11 Å². The molecule has 0 fully saturated rings. The van der Waals surface area contributed by atoms with Crippen LogP contribution in [-0.2, 0) is 0 Å². The Morgan fingerprint density at radius 2 is 2.50 bits per heavy atom. The summed E-state index contributed by atoms with van der Waals surface area (Å²) in [7, 11) is -1.37. The van der Waals surface area contributed by atoms with Crippen LogP contribution < -0.4 is 0 Å². The van der Waals surface area contributed by atoms with Crippen molar-refractivity contribution in [2.75, 3.05) is 6.23 Å². The van der Waals surface area contributed by atoms with E-state index in [1.165, 1.54) is 0 Å². The normalized spacial score (nSPS) is 13.7. The lowest BCUT2D eigenvalue weighted by Crippen LogP contribution is -2.04. The second kappa shape index (κ2) is 3.40. The van der Waals surface area contributed by atoms with Crippen LogP contribution in [0.1, 0.15) is 0 Å². The number of rotatable bonds is 2. The molecule has 1 atom stereocenters. The van der Waals surface area contributed by atoms with Crippen LogP contribution in [0.4, 0.5) is 0 Å². The Labute approximate surface area is 43.6 Å². The fraction of sp³-hybridized carbons (Fsp3) is 0.333. The fourth-order valence-electron chi connectivity index (χ4n) is 0.0745. The van der Waals surface area contributed by atoms with E-state index in [1.54, 1.807) is 5.70 Å². The monoisotopic (exact) mass is 122 g/mol. The molecule has 1 N–H and O–H groups in total. The average molecular weight is 123 g/mol. The van der Waals surface area contributed by atoms with Crippen molar-refractivity contribution in [3.63, 3.8) is 0 Å². The van der Waals surface area contributed by atoms with Crippen molar-refractivity contribution in [1.82, 2.24) is 0 Å². The van der Waals surface area contributed by atoms with E-state index >= 15 is 0 Å². The van der Waals surface area contributed by atoms with Crippen LogP contribution in [0.15, 0.2) is 12.3 Å². The quantitative estimate of drug-likeness (QED) is 0.410. The van der Waals surface area contributed by atoms with E-state index in [4.69, 9.17) is 16.2 Å². The van der Waals surface area contributed by atoms with E-state index in [-0.39, 0.29) is 6.23 Å². The van der Waals surface area contributed by atoms with Gasteiger partial charge in [-0.2, -0.15) is 11.1 Å². The van der Waals surface area contributed by atoms with Gasteiger partial charge in [-0.15, -0.1) is 6.58 Å². The third kappa shape index (κ3) is 2.44. The van der Waals surface area contributed by atoms with Gasteiger partial charge in [-0.25, -0.2) is 0 Å². The molecule has 0 saturated heterocycles. The number of aliphatic hydroxyl groups is 1. The first-order valence-electron chi connectivity index (χ1n) is 1.68. The Bertz CT molecular complexity index is 48.1. The number of halogens is 1. The summed E-state index contributed by atoms with van der Waals surface area (Å²) in [5.74, 6) is 0. The molecule has 0 rings (SSSR count). The molecule has 0 bridgehead atoms. The standard InChI is InChI=1S/C3H7ClOSi/c1-2-6(4)3-5/h2,5-6H,1,3H2. The fourth-order valence-corrected chi connectivity index (χ4v) is 0.224. The van der Waals surface area contributed by atoms with E-state index in [9.17, 15) is 0 Å². The number of hydrogen-bond acceptors (Lipinski definition) is 1. The second-order valence-corrected chi connectivity index (χ2v) is 4.48. The first-order valence-corrected chi connectivity index (χ1v) is 4.91. The highest BCUT2D eigenvalue weighted by Crippen LogP contribution is 1.84. The number of hydrogen-bond donors (Lipinski definition) is 1. The van der Waals surface area contributed by atoms with Crippen molar-refractivity contribution in [1.29, 1.82) is 0 Å². The summed E-state index contributed by atoms with van der Waals surface area (Å²) in [6.45, 7) is 3.40. The predicted octanol–water partition coefficient (Wildman–Crippen LogP) is 0.206. The van der Waals surface area contributed by atoms with E-state index in [0.29, 0.717) is 0 Å². The van der Waals surface area contributed by atoms with Crippen molar-refractivity contribution < 1.29 is 5.11 Å². The Morgan fingerprint density at radius 3 is 2.50 bits per heavy atom. The highest BCUT2D eigenvalue weighted by molar-refractivity contribution is 7.09. The summed E-state index contributed by atoms with van der Waals surface area (Å²) in [6.07, 6.45) is 0.116. The minimum absolute atomic E-state index is 0.116. The molecule has 0 amide bonds. The third-order valence-corrected chi connectivity index (χ3v) is 2.24. The van der Waals surface area contributed by atoms with Crippen LogP contribution in [0.5, 0.6) is 0 Å². The maximum atomic E-state index is 8.19. The largest absolute Gasteiger partial charge is 0.398 e. The van der Waals surface area contributed by atoms with Crippen molar-refractivity contribution >= 4 is 19.2 Å². The lowest BCUT2D eigenvalue weighted by atomic mass is 11.3. The lowest BCUT2D eigenvalue weighted by Gasteiger charge is -1.87. The topological polar surface area (TPSA) is 20.2 Å². The molecule has 3 heteroatoms. The smallest absolute Gasteiger partial charge is 0.189 e. The minimum atomic E-state index is -1.37. The SMILES string of the molecule is C=C[SiH](Cl)CO. The Kier molecular flexibility index (Phi) is 3.52. The zero-order valence-corrected chi connectivity index (χ0v) is 5.30. The maximum absolute atomic E-state index is 8.19. The van der Waals surface area contributed by atoms with Crippen molar-refractivity contribution in [2.24, 2.45) is 0 Å². The Hall–Kier alpha value is 0.207. The maximum Gasteiger partial charge on any atom is 0.189 e. The molecule has 0 aliphatic heterocycles. The first kappa shape index (κ1) is 6.21. The van der Waals surface area contributed by atoms with Crippen LogP contribution in [0.2, 0.25) is 0 Å². The molecule has 0 aromatic rings. The molecular formula is C3H7ClOSi. The molecule has 0 saturated carbocycles. The van der Waals surface area contributed by atoms with Crippen LogP contribution >= 0.6 is 11.1 Å². The highest BCUT2D eigenvalue weighted by Gasteiger charge is 1.93. The van der Waals surface area contributed by atoms with Gasteiger partial charge in [-0.1, -0.05) is 5.70 Å². The summed E-state index contributed by atoms with van der Waals surface area (Å²) < 4.78 is 0. The van der Waals surface area contributed by atoms with E-state index in [1.807, 2.05) is 0 Å². The zero-order valence-electron chi connectivity index (χ0n) is 3.39. The van der Waals surface area contributed by atoms with E-state index in [0.717, 1.165) is 0 Å². The van der Waals surface area contributed by atoms with Gasteiger partial charge in [0.1, 0.15) is 0 Å². The molecule has 0 aliphatic carbocycles. The molecule has 1 unspecified atom stereocenters. The molecule has 0 spiro atoms. The summed E-state index contributed by atoms with van der Waals surface area (Å²) in [5, 5.41) is 8.19. The highest BCUT2D eigenvalue weighted by atomic mass is 35.6. The van der Waals surface area contributed by atoms with Gasteiger partial charge < -0.3 is 5.11 Å². The molecule has 0 heterocycles. The molecule has 1 nitrogen and oxygen atoms in total. The van der Waals surface area contributed by atoms with Gasteiger partial charge in [0.15, 0.2) is 8.11 Å². The molecule has 6 heavy (non-hydrogen) atoms. The van der Waals surface area contributed by atoms with Gasteiger partial charge >= 0.3 is 0 Å². The Balaban J connectivity index is 2.96.